The largest absolute Gasteiger partial charge is 0.497 e. The Morgan fingerprint density at radius 3 is 2.41 bits per heavy atom. The maximum Gasteiger partial charge on any atom is 0.238 e. The van der Waals surface area contributed by atoms with Gasteiger partial charge in [0.05, 0.1) is 21.3 Å². The molecule has 1 heterocycles. The maximum atomic E-state index is 12.5. The molecule has 144 valence electrons. The molecular weight excluding hydrogens is 346 g/mol. The summed E-state index contributed by atoms with van der Waals surface area (Å²) >= 11 is 0. The number of benzene rings is 2. The Morgan fingerprint density at radius 1 is 1.00 bits per heavy atom. The molecule has 0 spiro atoms. The molecule has 0 bridgehead atoms. The van der Waals surface area contributed by atoms with E-state index in [0.29, 0.717) is 24.5 Å². The van der Waals surface area contributed by atoms with Crippen molar-refractivity contribution in [2.24, 2.45) is 0 Å². The Hall–Kier alpha value is -2.77. The maximum absolute atomic E-state index is 12.5. The summed E-state index contributed by atoms with van der Waals surface area (Å²) in [5.41, 5.74) is 8.31. The minimum atomic E-state index is -0.294. The SMILES string of the molecule is COc1ccc(C2CC(C(=O)NCc3ccc(OC)c(OC)c3)NN2)cc1. The van der Waals surface area contributed by atoms with Crippen LogP contribution in [0.5, 0.6) is 17.2 Å². The van der Waals surface area contributed by atoms with E-state index in [0.717, 1.165) is 16.9 Å². The lowest BCUT2D eigenvalue weighted by atomic mass is 10.0. The van der Waals surface area contributed by atoms with Gasteiger partial charge in [-0.2, -0.15) is 0 Å². The molecule has 2 aromatic carbocycles. The van der Waals surface area contributed by atoms with Crippen LogP contribution in [0.1, 0.15) is 23.6 Å². The van der Waals surface area contributed by atoms with E-state index in [-0.39, 0.29) is 18.0 Å². The van der Waals surface area contributed by atoms with Gasteiger partial charge in [-0.3, -0.25) is 4.79 Å². The summed E-state index contributed by atoms with van der Waals surface area (Å²) in [5, 5.41) is 2.96. The van der Waals surface area contributed by atoms with Crippen LogP contribution in [0.3, 0.4) is 0 Å². The predicted molar refractivity (Wildman–Crippen MR) is 102 cm³/mol. The molecule has 0 aromatic heterocycles. The molecule has 7 nitrogen and oxygen atoms in total. The topological polar surface area (TPSA) is 80.9 Å². The van der Waals surface area contributed by atoms with E-state index in [9.17, 15) is 4.79 Å². The van der Waals surface area contributed by atoms with E-state index in [1.807, 2.05) is 42.5 Å². The van der Waals surface area contributed by atoms with Gasteiger partial charge in [0.2, 0.25) is 5.91 Å². The summed E-state index contributed by atoms with van der Waals surface area (Å²) in [7, 11) is 4.83. The number of carbonyl (C=O) groups excluding carboxylic acids is 1. The van der Waals surface area contributed by atoms with Crippen molar-refractivity contribution in [1.29, 1.82) is 0 Å². The molecular formula is C20H25N3O4. The van der Waals surface area contributed by atoms with Crippen molar-refractivity contribution >= 4 is 5.91 Å². The van der Waals surface area contributed by atoms with Crippen molar-refractivity contribution < 1.29 is 19.0 Å². The van der Waals surface area contributed by atoms with E-state index < -0.39 is 0 Å². The number of amides is 1. The standard InChI is InChI=1S/C20H25N3O4/c1-25-15-7-5-14(6-8-15)16-11-17(23-22-16)20(24)21-12-13-4-9-18(26-2)19(10-13)27-3/h4-10,16-17,22-23H,11-12H2,1-3H3,(H,21,24). The van der Waals surface area contributed by atoms with Crippen LogP contribution in [0.25, 0.3) is 0 Å². The van der Waals surface area contributed by atoms with Gasteiger partial charge in [0.15, 0.2) is 11.5 Å². The second kappa shape index (κ2) is 8.75. The van der Waals surface area contributed by atoms with Gasteiger partial charge in [0, 0.05) is 12.6 Å². The summed E-state index contributed by atoms with van der Waals surface area (Å²) in [6.07, 6.45) is 0.671. The van der Waals surface area contributed by atoms with E-state index in [1.165, 1.54) is 0 Å². The smallest absolute Gasteiger partial charge is 0.238 e. The lowest BCUT2D eigenvalue weighted by Gasteiger charge is -2.13. The van der Waals surface area contributed by atoms with E-state index in [4.69, 9.17) is 14.2 Å². The summed E-state index contributed by atoms with van der Waals surface area (Å²) in [4.78, 5) is 12.5. The first-order valence-corrected chi connectivity index (χ1v) is 8.78. The molecule has 3 rings (SSSR count). The van der Waals surface area contributed by atoms with Crippen LogP contribution in [0.2, 0.25) is 0 Å². The number of hydrogen-bond acceptors (Lipinski definition) is 6. The zero-order valence-electron chi connectivity index (χ0n) is 15.7. The quantitative estimate of drug-likeness (QED) is 0.690. The number of rotatable bonds is 7. The zero-order chi connectivity index (χ0) is 19.2. The number of hydrogen-bond donors (Lipinski definition) is 3. The number of methoxy groups -OCH3 is 3. The molecule has 1 fully saturated rings. The Balaban J connectivity index is 1.54. The molecule has 0 aliphatic carbocycles. The number of ether oxygens (including phenoxy) is 3. The molecule has 2 aromatic rings. The molecule has 2 unspecified atom stereocenters. The van der Waals surface area contributed by atoms with Crippen LogP contribution in [0.4, 0.5) is 0 Å². The third-order valence-electron chi connectivity index (χ3n) is 4.65. The molecule has 2 atom stereocenters. The first kappa shape index (κ1) is 19.0. The minimum Gasteiger partial charge on any atom is -0.497 e. The fourth-order valence-electron chi connectivity index (χ4n) is 3.09. The molecule has 27 heavy (non-hydrogen) atoms. The number of nitrogens with one attached hydrogen (secondary N) is 3. The lowest BCUT2D eigenvalue weighted by Crippen LogP contribution is -2.42. The fourth-order valence-corrected chi connectivity index (χ4v) is 3.09. The molecule has 3 N–H and O–H groups in total. The first-order chi connectivity index (χ1) is 13.1. The van der Waals surface area contributed by atoms with Crippen molar-refractivity contribution in [3.63, 3.8) is 0 Å². The third kappa shape index (κ3) is 4.50. The Bertz CT molecular complexity index is 779. The number of hydrazine groups is 1. The zero-order valence-corrected chi connectivity index (χ0v) is 15.7. The van der Waals surface area contributed by atoms with Gasteiger partial charge >= 0.3 is 0 Å². The highest BCUT2D eigenvalue weighted by molar-refractivity contribution is 5.82. The molecule has 1 aliphatic heterocycles. The number of carbonyl (C=O) groups is 1. The van der Waals surface area contributed by atoms with Gasteiger partial charge in [0.1, 0.15) is 11.8 Å². The van der Waals surface area contributed by atoms with Gasteiger partial charge in [-0.1, -0.05) is 18.2 Å². The van der Waals surface area contributed by atoms with Crippen molar-refractivity contribution in [3.8, 4) is 17.2 Å². The van der Waals surface area contributed by atoms with Crippen molar-refractivity contribution in [3.05, 3.63) is 53.6 Å². The molecule has 0 radical (unpaired) electrons. The first-order valence-electron chi connectivity index (χ1n) is 8.78. The average molecular weight is 371 g/mol. The van der Waals surface area contributed by atoms with Crippen LogP contribution < -0.4 is 30.4 Å². The monoisotopic (exact) mass is 371 g/mol. The van der Waals surface area contributed by atoms with Crippen molar-refractivity contribution in [1.82, 2.24) is 16.2 Å². The molecule has 7 heteroatoms. The van der Waals surface area contributed by atoms with Crippen LogP contribution in [0, 0.1) is 0 Å². The normalized spacial score (nSPS) is 18.8. The highest BCUT2D eigenvalue weighted by atomic mass is 16.5. The molecule has 1 aliphatic rings. The summed E-state index contributed by atoms with van der Waals surface area (Å²) < 4.78 is 15.7. The van der Waals surface area contributed by atoms with Crippen molar-refractivity contribution in [2.45, 2.75) is 25.0 Å². The van der Waals surface area contributed by atoms with Gasteiger partial charge < -0.3 is 19.5 Å². The predicted octanol–water partition coefficient (Wildman–Crippen LogP) is 1.94. The van der Waals surface area contributed by atoms with Crippen LogP contribution in [-0.4, -0.2) is 33.3 Å². The summed E-state index contributed by atoms with van der Waals surface area (Å²) in [6, 6.07) is 13.2. The van der Waals surface area contributed by atoms with Crippen LogP contribution in [0.15, 0.2) is 42.5 Å². The third-order valence-corrected chi connectivity index (χ3v) is 4.65. The van der Waals surface area contributed by atoms with Gasteiger partial charge in [0.25, 0.3) is 0 Å². The van der Waals surface area contributed by atoms with Crippen LogP contribution in [-0.2, 0) is 11.3 Å². The second-order valence-corrected chi connectivity index (χ2v) is 6.31. The van der Waals surface area contributed by atoms with Crippen molar-refractivity contribution in [2.75, 3.05) is 21.3 Å². The minimum absolute atomic E-state index is 0.0479. The summed E-state index contributed by atoms with van der Waals surface area (Å²) in [5.74, 6) is 2.07. The summed E-state index contributed by atoms with van der Waals surface area (Å²) in [6.45, 7) is 0.421. The fraction of sp³-hybridized carbons (Fsp3) is 0.350. The van der Waals surface area contributed by atoms with Crippen LogP contribution >= 0.6 is 0 Å². The molecule has 0 saturated carbocycles. The average Bonchev–Trinajstić information content (AvgIpc) is 3.22. The highest BCUT2D eigenvalue weighted by Gasteiger charge is 2.29. The molecule has 1 saturated heterocycles. The van der Waals surface area contributed by atoms with Gasteiger partial charge in [-0.05, 0) is 41.8 Å². The van der Waals surface area contributed by atoms with E-state index in [1.54, 1.807) is 21.3 Å². The lowest BCUT2D eigenvalue weighted by molar-refractivity contribution is -0.123. The Morgan fingerprint density at radius 2 is 1.74 bits per heavy atom. The van der Waals surface area contributed by atoms with Gasteiger partial charge in [-0.25, -0.2) is 10.9 Å². The Kier molecular flexibility index (Phi) is 6.16. The van der Waals surface area contributed by atoms with E-state index >= 15 is 0 Å². The van der Waals surface area contributed by atoms with Gasteiger partial charge in [-0.15, -0.1) is 0 Å². The Labute approximate surface area is 159 Å². The second-order valence-electron chi connectivity index (χ2n) is 6.31. The van der Waals surface area contributed by atoms with E-state index in [2.05, 4.69) is 16.2 Å². The highest BCUT2D eigenvalue weighted by Crippen LogP contribution is 2.28. The molecule has 1 amide bonds.